The summed E-state index contributed by atoms with van der Waals surface area (Å²) in [6.07, 6.45) is 4.39. The predicted molar refractivity (Wildman–Crippen MR) is 128 cm³/mol. The zero-order chi connectivity index (χ0) is 21.4. The first-order valence-electron chi connectivity index (χ1n) is 10.6. The standard InChI is InChI=1S/C27H24N2OS/c1-31-26-24(27(28)30)23-20(22(18-15-16-18)17-9-4-2-5-10-17)13-8-14-21(23)29-25(26)19-11-6-3-7-12-19/h2-14,18,22H,15-16H2,1H3,(H2,28,30)/t22-/m1/s1. The van der Waals surface area contributed by atoms with Crippen molar-refractivity contribution in [2.75, 3.05) is 6.26 Å². The van der Waals surface area contributed by atoms with Gasteiger partial charge in [0.25, 0.3) is 5.91 Å². The molecule has 4 heteroatoms. The third kappa shape index (κ3) is 3.61. The van der Waals surface area contributed by atoms with Crippen molar-refractivity contribution < 1.29 is 4.79 Å². The number of benzene rings is 3. The van der Waals surface area contributed by atoms with Gasteiger partial charge in [0.15, 0.2) is 0 Å². The average Bonchev–Trinajstić information content (AvgIpc) is 3.64. The number of amides is 1. The molecular formula is C27H24N2OS. The predicted octanol–water partition coefficient (Wildman–Crippen LogP) is 6.26. The van der Waals surface area contributed by atoms with E-state index in [0.717, 1.165) is 32.6 Å². The number of nitrogens with two attached hydrogens (primary N) is 1. The molecule has 0 aliphatic heterocycles. The first-order valence-corrected chi connectivity index (χ1v) is 11.8. The molecule has 4 aromatic rings. The van der Waals surface area contributed by atoms with E-state index in [1.165, 1.54) is 30.2 Å². The van der Waals surface area contributed by atoms with E-state index in [1.54, 1.807) is 0 Å². The summed E-state index contributed by atoms with van der Waals surface area (Å²) in [4.78, 5) is 18.8. The van der Waals surface area contributed by atoms with E-state index < -0.39 is 5.91 Å². The lowest BCUT2D eigenvalue weighted by molar-refractivity contribution is 0.0999. The number of carbonyl (C=O) groups is 1. The van der Waals surface area contributed by atoms with Gasteiger partial charge in [0.1, 0.15) is 0 Å². The lowest BCUT2D eigenvalue weighted by atomic mass is 9.83. The number of fused-ring (bicyclic) bond motifs is 1. The number of rotatable bonds is 6. The molecule has 1 aromatic heterocycles. The highest BCUT2D eigenvalue weighted by Crippen LogP contribution is 2.49. The van der Waals surface area contributed by atoms with Gasteiger partial charge in [-0.2, -0.15) is 0 Å². The first kappa shape index (κ1) is 19.8. The lowest BCUT2D eigenvalue weighted by Crippen LogP contribution is -2.16. The Hall–Kier alpha value is -3.11. The van der Waals surface area contributed by atoms with Crippen molar-refractivity contribution in [1.29, 1.82) is 0 Å². The molecule has 1 aliphatic carbocycles. The maximum Gasteiger partial charge on any atom is 0.250 e. The van der Waals surface area contributed by atoms with Crippen molar-refractivity contribution in [3.63, 3.8) is 0 Å². The van der Waals surface area contributed by atoms with Gasteiger partial charge >= 0.3 is 0 Å². The smallest absolute Gasteiger partial charge is 0.250 e. The fraction of sp³-hybridized carbons (Fsp3) is 0.185. The Balaban J connectivity index is 1.83. The first-order chi connectivity index (χ1) is 15.2. The molecule has 1 saturated carbocycles. The van der Waals surface area contributed by atoms with Crippen molar-refractivity contribution in [1.82, 2.24) is 4.98 Å². The summed E-state index contributed by atoms with van der Waals surface area (Å²) < 4.78 is 0. The summed E-state index contributed by atoms with van der Waals surface area (Å²) in [5.74, 6) is 0.423. The fourth-order valence-electron chi connectivity index (χ4n) is 4.61. The summed E-state index contributed by atoms with van der Waals surface area (Å²) in [5, 5.41) is 0.903. The Bertz CT molecular complexity index is 1250. The van der Waals surface area contributed by atoms with Crippen molar-refractivity contribution in [2.45, 2.75) is 23.7 Å². The second-order valence-corrected chi connectivity index (χ2v) is 8.88. The summed E-state index contributed by atoms with van der Waals surface area (Å²) in [5.41, 5.74) is 11.7. The van der Waals surface area contributed by atoms with Crippen LogP contribution in [0.15, 0.2) is 83.8 Å². The number of aromatic nitrogens is 1. The van der Waals surface area contributed by atoms with Crippen LogP contribution in [0.2, 0.25) is 0 Å². The van der Waals surface area contributed by atoms with Crippen molar-refractivity contribution >= 4 is 28.6 Å². The molecule has 2 N–H and O–H groups in total. The maximum atomic E-state index is 12.9. The average molecular weight is 425 g/mol. The molecule has 31 heavy (non-hydrogen) atoms. The lowest BCUT2D eigenvalue weighted by Gasteiger charge is -2.22. The largest absolute Gasteiger partial charge is 0.366 e. The molecule has 0 unspecified atom stereocenters. The minimum absolute atomic E-state index is 0.238. The molecular weight excluding hydrogens is 400 g/mol. The van der Waals surface area contributed by atoms with Crippen molar-refractivity contribution in [3.05, 3.63) is 95.6 Å². The molecule has 0 bridgehead atoms. The third-order valence-electron chi connectivity index (χ3n) is 6.08. The van der Waals surface area contributed by atoms with Gasteiger partial charge in [0.05, 0.1) is 16.8 Å². The monoisotopic (exact) mass is 424 g/mol. The van der Waals surface area contributed by atoms with E-state index in [-0.39, 0.29) is 5.92 Å². The zero-order valence-corrected chi connectivity index (χ0v) is 18.2. The van der Waals surface area contributed by atoms with E-state index in [1.807, 2.05) is 48.7 Å². The van der Waals surface area contributed by atoms with E-state index in [2.05, 4.69) is 36.4 Å². The van der Waals surface area contributed by atoms with Crippen LogP contribution in [0.25, 0.3) is 22.2 Å². The van der Waals surface area contributed by atoms with Gasteiger partial charge in [-0.3, -0.25) is 4.79 Å². The number of thioether (sulfide) groups is 1. The van der Waals surface area contributed by atoms with E-state index in [9.17, 15) is 4.79 Å². The zero-order valence-electron chi connectivity index (χ0n) is 17.4. The van der Waals surface area contributed by atoms with Gasteiger partial charge in [-0.1, -0.05) is 72.8 Å². The molecule has 1 heterocycles. The van der Waals surface area contributed by atoms with Crippen LogP contribution in [0.1, 0.15) is 40.2 Å². The molecule has 1 atom stereocenters. The SMILES string of the molecule is CSc1c(-c2ccccc2)nc2cccc([C@H](c3ccccc3)C3CC3)c2c1C(N)=O. The van der Waals surface area contributed by atoms with E-state index in [4.69, 9.17) is 10.7 Å². The fourth-order valence-corrected chi connectivity index (χ4v) is 5.37. The molecule has 154 valence electrons. The number of primary amides is 1. The van der Waals surface area contributed by atoms with Crippen LogP contribution in [0.4, 0.5) is 0 Å². The minimum atomic E-state index is -0.399. The quantitative estimate of drug-likeness (QED) is 0.371. The van der Waals surface area contributed by atoms with Crippen LogP contribution in [0, 0.1) is 5.92 Å². The molecule has 1 amide bonds. The number of carbonyl (C=O) groups excluding carboxylic acids is 1. The topological polar surface area (TPSA) is 56.0 Å². The molecule has 3 aromatic carbocycles. The van der Waals surface area contributed by atoms with Crippen LogP contribution in [-0.4, -0.2) is 17.1 Å². The summed E-state index contributed by atoms with van der Waals surface area (Å²) >= 11 is 1.54. The van der Waals surface area contributed by atoms with Crippen LogP contribution in [0.3, 0.4) is 0 Å². The van der Waals surface area contributed by atoms with Crippen LogP contribution < -0.4 is 5.73 Å². The number of hydrogen-bond acceptors (Lipinski definition) is 3. The molecule has 0 saturated heterocycles. The highest BCUT2D eigenvalue weighted by Gasteiger charge is 2.35. The normalized spacial score (nSPS) is 14.5. The van der Waals surface area contributed by atoms with E-state index in [0.29, 0.717) is 11.5 Å². The Morgan fingerprint density at radius 1 is 0.968 bits per heavy atom. The number of nitrogens with zero attached hydrogens (tertiary/aromatic N) is 1. The van der Waals surface area contributed by atoms with Gasteiger partial charge in [0, 0.05) is 21.8 Å². The van der Waals surface area contributed by atoms with Crippen LogP contribution in [-0.2, 0) is 0 Å². The molecule has 3 nitrogen and oxygen atoms in total. The van der Waals surface area contributed by atoms with Gasteiger partial charge in [-0.15, -0.1) is 11.8 Å². The van der Waals surface area contributed by atoms with Crippen LogP contribution in [0.5, 0.6) is 0 Å². The maximum absolute atomic E-state index is 12.9. The van der Waals surface area contributed by atoms with Crippen molar-refractivity contribution in [3.8, 4) is 11.3 Å². The molecule has 0 radical (unpaired) electrons. The second-order valence-electron chi connectivity index (χ2n) is 8.07. The molecule has 1 fully saturated rings. The highest BCUT2D eigenvalue weighted by atomic mass is 32.2. The number of pyridine rings is 1. The van der Waals surface area contributed by atoms with Gasteiger partial charge in [0.2, 0.25) is 0 Å². The number of hydrogen-bond donors (Lipinski definition) is 1. The summed E-state index contributed by atoms with van der Waals surface area (Å²) in [6, 6.07) is 26.8. The highest BCUT2D eigenvalue weighted by molar-refractivity contribution is 7.98. The Morgan fingerprint density at radius 2 is 1.65 bits per heavy atom. The minimum Gasteiger partial charge on any atom is -0.366 e. The van der Waals surface area contributed by atoms with Gasteiger partial charge < -0.3 is 5.73 Å². The molecule has 0 spiro atoms. The Morgan fingerprint density at radius 3 is 2.26 bits per heavy atom. The second kappa shape index (κ2) is 8.20. The Kier molecular flexibility index (Phi) is 5.24. The third-order valence-corrected chi connectivity index (χ3v) is 6.89. The van der Waals surface area contributed by atoms with Crippen LogP contribution >= 0.6 is 11.8 Å². The van der Waals surface area contributed by atoms with Gasteiger partial charge in [-0.05, 0) is 42.2 Å². The van der Waals surface area contributed by atoms with Gasteiger partial charge in [-0.25, -0.2) is 4.98 Å². The van der Waals surface area contributed by atoms with Crippen molar-refractivity contribution in [2.24, 2.45) is 11.7 Å². The molecule has 5 rings (SSSR count). The molecule has 1 aliphatic rings. The Labute approximate surface area is 186 Å². The summed E-state index contributed by atoms with van der Waals surface area (Å²) in [6.45, 7) is 0. The summed E-state index contributed by atoms with van der Waals surface area (Å²) in [7, 11) is 0. The van der Waals surface area contributed by atoms with E-state index >= 15 is 0 Å².